The van der Waals surface area contributed by atoms with Crippen molar-refractivity contribution in [1.29, 1.82) is 0 Å². The van der Waals surface area contributed by atoms with Gasteiger partial charge >= 0.3 is 0 Å². The van der Waals surface area contributed by atoms with Crippen LogP contribution in [0.3, 0.4) is 0 Å². The summed E-state index contributed by atoms with van der Waals surface area (Å²) in [5.41, 5.74) is 2.89. The molecule has 2 aromatic carbocycles. The van der Waals surface area contributed by atoms with E-state index in [1.807, 2.05) is 30.3 Å². The van der Waals surface area contributed by atoms with Gasteiger partial charge in [-0.25, -0.2) is 0 Å². The molecule has 0 saturated carbocycles. The summed E-state index contributed by atoms with van der Waals surface area (Å²) in [5, 5.41) is 28.1. The van der Waals surface area contributed by atoms with Crippen molar-refractivity contribution in [3.63, 3.8) is 0 Å². The number of aliphatic hydroxyl groups is 1. The van der Waals surface area contributed by atoms with Gasteiger partial charge in [0.15, 0.2) is 0 Å². The highest BCUT2D eigenvalue weighted by atomic mass is 16.3. The van der Waals surface area contributed by atoms with Crippen LogP contribution in [-0.4, -0.2) is 53.7 Å². The molecule has 7 nitrogen and oxygen atoms in total. The van der Waals surface area contributed by atoms with Crippen LogP contribution in [0.4, 0.5) is 0 Å². The van der Waals surface area contributed by atoms with E-state index in [1.54, 1.807) is 26.1 Å². The lowest BCUT2D eigenvalue weighted by Gasteiger charge is -2.18. The number of aromatic hydroxyl groups is 1. The Labute approximate surface area is 181 Å². The number of rotatable bonds is 7. The maximum Gasteiger partial charge on any atom is 0.217 e. The van der Waals surface area contributed by atoms with Gasteiger partial charge in [-0.1, -0.05) is 30.3 Å². The van der Waals surface area contributed by atoms with Crippen molar-refractivity contribution in [3.8, 4) is 17.1 Å². The number of furan rings is 1. The Morgan fingerprint density at radius 2 is 2.03 bits per heavy atom. The van der Waals surface area contributed by atoms with Gasteiger partial charge in [-0.3, -0.25) is 10.1 Å². The molecule has 164 valence electrons. The Morgan fingerprint density at radius 1 is 1.26 bits per heavy atom. The predicted molar refractivity (Wildman–Crippen MR) is 120 cm³/mol. The third-order valence-corrected chi connectivity index (χ3v) is 5.92. The molecule has 2 heterocycles. The smallest absolute Gasteiger partial charge is 0.217 e. The normalized spacial score (nSPS) is 17.8. The molecule has 1 saturated heterocycles. The summed E-state index contributed by atoms with van der Waals surface area (Å²) in [6, 6.07) is 13.2. The number of benzene rings is 2. The number of aliphatic hydroxyl groups excluding tert-OH is 1. The monoisotopic (exact) mass is 423 g/mol. The number of amides is 1. The van der Waals surface area contributed by atoms with Crippen LogP contribution < -0.4 is 10.6 Å². The second-order valence-electron chi connectivity index (χ2n) is 8.08. The van der Waals surface area contributed by atoms with Crippen LogP contribution in [0, 0.1) is 0 Å². The van der Waals surface area contributed by atoms with Crippen LogP contribution in [0.15, 0.2) is 46.9 Å². The third-order valence-electron chi connectivity index (χ3n) is 5.92. The summed E-state index contributed by atoms with van der Waals surface area (Å²) < 4.78 is 6.16. The lowest BCUT2D eigenvalue weighted by atomic mass is 9.98. The first kappa shape index (κ1) is 21.4. The lowest BCUT2D eigenvalue weighted by Crippen LogP contribution is -2.36. The minimum absolute atomic E-state index is 0.00760. The van der Waals surface area contributed by atoms with Crippen molar-refractivity contribution >= 4 is 16.9 Å². The fourth-order valence-electron chi connectivity index (χ4n) is 4.45. The van der Waals surface area contributed by atoms with E-state index in [2.05, 4.69) is 15.5 Å². The summed E-state index contributed by atoms with van der Waals surface area (Å²) in [6.45, 7) is 3.97. The molecular weight excluding hydrogens is 394 g/mol. The largest absolute Gasteiger partial charge is 0.508 e. The second kappa shape index (κ2) is 9.09. The van der Waals surface area contributed by atoms with E-state index in [1.165, 1.54) is 0 Å². The van der Waals surface area contributed by atoms with Crippen molar-refractivity contribution in [2.45, 2.75) is 32.0 Å². The van der Waals surface area contributed by atoms with Crippen molar-refractivity contribution in [1.82, 2.24) is 15.5 Å². The molecule has 1 aromatic heterocycles. The molecule has 7 heteroatoms. The number of nitrogens with zero attached hydrogens (tertiary/aromatic N) is 1. The molecule has 3 aromatic rings. The zero-order valence-electron chi connectivity index (χ0n) is 17.9. The van der Waals surface area contributed by atoms with E-state index in [0.29, 0.717) is 23.3 Å². The summed E-state index contributed by atoms with van der Waals surface area (Å²) in [4.78, 5) is 13.6. The number of fused-ring (bicyclic) bond motifs is 1. The molecule has 0 bridgehead atoms. The molecule has 1 aliphatic rings. The van der Waals surface area contributed by atoms with Gasteiger partial charge < -0.3 is 24.8 Å². The molecule has 1 unspecified atom stereocenters. The Balaban J connectivity index is 1.68. The van der Waals surface area contributed by atoms with Gasteiger partial charge in [0, 0.05) is 54.7 Å². The SMILES string of the molecule is CNC(O)c1c(-c2ccccc2)oc2ccc(O)c(CCN3CC[C@@H](NC(C)=O)C3)c12. The van der Waals surface area contributed by atoms with Gasteiger partial charge in [-0.2, -0.15) is 0 Å². The molecule has 4 rings (SSSR count). The van der Waals surface area contributed by atoms with Crippen LogP contribution in [0.1, 0.15) is 30.7 Å². The first-order valence-electron chi connectivity index (χ1n) is 10.7. The van der Waals surface area contributed by atoms with Gasteiger partial charge in [-0.05, 0) is 32.0 Å². The molecule has 0 aliphatic carbocycles. The number of hydrogen-bond donors (Lipinski definition) is 4. The van der Waals surface area contributed by atoms with Crippen LogP contribution in [-0.2, 0) is 11.2 Å². The molecule has 1 aliphatic heterocycles. The minimum atomic E-state index is -0.937. The van der Waals surface area contributed by atoms with Gasteiger partial charge in [-0.15, -0.1) is 0 Å². The fraction of sp³-hybridized carbons (Fsp3) is 0.375. The maximum atomic E-state index is 11.3. The highest BCUT2D eigenvalue weighted by Crippen LogP contribution is 2.41. The first-order chi connectivity index (χ1) is 15.0. The van der Waals surface area contributed by atoms with Crippen molar-refractivity contribution in [2.24, 2.45) is 0 Å². The minimum Gasteiger partial charge on any atom is -0.508 e. The number of phenolic OH excluding ortho intramolecular Hbond substituents is 1. The van der Waals surface area contributed by atoms with E-state index in [-0.39, 0.29) is 17.7 Å². The zero-order valence-corrected chi connectivity index (χ0v) is 17.9. The average Bonchev–Trinajstić information content (AvgIpc) is 3.37. The summed E-state index contributed by atoms with van der Waals surface area (Å²) in [6.07, 6.45) is 0.587. The summed E-state index contributed by atoms with van der Waals surface area (Å²) in [5.74, 6) is 0.776. The Morgan fingerprint density at radius 3 is 2.74 bits per heavy atom. The third kappa shape index (κ3) is 4.44. The Hall–Kier alpha value is -2.87. The van der Waals surface area contributed by atoms with E-state index in [9.17, 15) is 15.0 Å². The Kier molecular flexibility index (Phi) is 6.27. The van der Waals surface area contributed by atoms with Gasteiger partial charge in [0.05, 0.1) is 0 Å². The van der Waals surface area contributed by atoms with Crippen LogP contribution in [0.2, 0.25) is 0 Å². The number of likely N-dealkylation sites (tertiary alicyclic amines) is 1. The number of carbonyl (C=O) groups excluding carboxylic acids is 1. The maximum absolute atomic E-state index is 11.3. The standard InChI is InChI=1S/C24H29N3O4/c1-15(28)26-17-10-12-27(14-17)13-11-18-19(29)8-9-20-21(18)22(24(30)25-2)23(31-20)16-6-4-3-5-7-16/h3-9,17,24-25,29-30H,10-14H2,1-2H3,(H,26,28)/t17-,24?/m1/s1. The predicted octanol–water partition coefficient (Wildman–Crippen LogP) is 2.77. The fourth-order valence-corrected chi connectivity index (χ4v) is 4.45. The first-order valence-corrected chi connectivity index (χ1v) is 10.7. The zero-order chi connectivity index (χ0) is 22.0. The highest BCUT2D eigenvalue weighted by Gasteiger charge is 2.27. The molecule has 4 N–H and O–H groups in total. The number of nitrogens with one attached hydrogen (secondary N) is 2. The Bertz CT molecular complexity index is 1060. The van der Waals surface area contributed by atoms with Crippen LogP contribution in [0.5, 0.6) is 5.75 Å². The topological polar surface area (TPSA) is 98.0 Å². The molecule has 1 amide bonds. The molecule has 0 spiro atoms. The summed E-state index contributed by atoms with van der Waals surface area (Å²) >= 11 is 0. The van der Waals surface area contributed by atoms with Gasteiger partial charge in [0.2, 0.25) is 5.91 Å². The number of carbonyl (C=O) groups is 1. The van der Waals surface area contributed by atoms with Crippen molar-refractivity contribution < 1.29 is 19.4 Å². The molecule has 1 fully saturated rings. The van der Waals surface area contributed by atoms with E-state index >= 15 is 0 Å². The van der Waals surface area contributed by atoms with E-state index in [0.717, 1.165) is 42.6 Å². The lowest BCUT2D eigenvalue weighted by molar-refractivity contribution is -0.119. The van der Waals surface area contributed by atoms with E-state index < -0.39 is 6.23 Å². The second-order valence-corrected chi connectivity index (χ2v) is 8.08. The molecule has 31 heavy (non-hydrogen) atoms. The van der Waals surface area contributed by atoms with Crippen LogP contribution in [0.25, 0.3) is 22.3 Å². The molecular formula is C24H29N3O4. The van der Waals surface area contributed by atoms with Crippen molar-refractivity contribution in [3.05, 3.63) is 53.6 Å². The highest BCUT2D eigenvalue weighted by molar-refractivity contribution is 5.92. The van der Waals surface area contributed by atoms with Crippen LogP contribution >= 0.6 is 0 Å². The number of phenols is 1. The molecule has 0 radical (unpaired) electrons. The molecule has 2 atom stereocenters. The number of hydrogen-bond acceptors (Lipinski definition) is 6. The average molecular weight is 424 g/mol. The quantitative estimate of drug-likeness (QED) is 0.436. The summed E-state index contributed by atoms with van der Waals surface area (Å²) in [7, 11) is 1.69. The van der Waals surface area contributed by atoms with Gasteiger partial charge in [0.25, 0.3) is 0 Å². The van der Waals surface area contributed by atoms with E-state index in [4.69, 9.17) is 4.42 Å². The van der Waals surface area contributed by atoms with Gasteiger partial charge in [0.1, 0.15) is 23.3 Å². The van der Waals surface area contributed by atoms with Crippen molar-refractivity contribution in [2.75, 3.05) is 26.7 Å².